The van der Waals surface area contributed by atoms with Gasteiger partial charge in [0.25, 0.3) is 5.91 Å². The molecule has 1 aromatic heterocycles. The molecule has 4 rings (SSSR count). The normalized spacial score (nSPS) is 18.5. The second-order valence-electron chi connectivity index (χ2n) is 7.53. The van der Waals surface area contributed by atoms with Crippen LogP contribution in [0.2, 0.25) is 0 Å². The van der Waals surface area contributed by atoms with Crippen molar-refractivity contribution in [2.75, 3.05) is 44.9 Å². The molecular weight excluding hydrogens is 404 g/mol. The van der Waals surface area contributed by atoms with E-state index in [1.54, 1.807) is 22.3 Å². The van der Waals surface area contributed by atoms with Gasteiger partial charge in [-0.15, -0.1) is 11.3 Å². The highest BCUT2D eigenvalue weighted by Crippen LogP contribution is 2.34. The van der Waals surface area contributed by atoms with Gasteiger partial charge in [-0.05, 0) is 25.1 Å². The van der Waals surface area contributed by atoms with Gasteiger partial charge in [-0.25, -0.2) is 4.98 Å². The van der Waals surface area contributed by atoms with Crippen LogP contribution < -0.4 is 15.0 Å². The van der Waals surface area contributed by atoms with Crippen molar-refractivity contribution in [1.29, 1.82) is 0 Å². The van der Waals surface area contributed by atoms with Gasteiger partial charge in [-0.1, -0.05) is 0 Å². The molecule has 8 nitrogen and oxygen atoms in total. The van der Waals surface area contributed by atoms with Gasteiger partial charge in [-0.2, -0.15) is 0 Å². The molecule has 1 atom stereocenters. The third-order valence-electron chi connectivity index (χ3n) is 5.39. The Morgan fingerprint density at radius 3 is 2.83 bits per heavy atom. The fourth-order valence-corrected chi connectivity index (χ4v) is 4.34. The summed E-state index contributed by atoms with van der Waals surface area (Å²) < 4.78 is 11.2. The number of amides is 2. The van der Waals surface area contributed by atoms with Crippen molar-refractivity contribution in [2.45, 2.75) is 25.9 Å². The smallest absolute Gasteiger partial charge is 0.254 e. The number of carbonyl (C=O) groups is 2. The number of ether oxygens (including phenoxy) is 2. The number of anilines is 1. The molecule has 9 heteroatoms. The monoisotopic (exact) mass is 430 g/mol. The zero-order valence-electron chi connectivity index (χ0n) is 17.2. The molecule has 30 heavy (non-hydrogen) atoms. The molecule has 160 valence electrons. The largest absolute Gasteiger partial charge is 0.489 e. The van der Waals surface area contributed by atoms with Gasteiger partial charge in [0.15, 0.2) is 0 Å². The van der Waals surface area contributed by atoms with E-state index in [1.165, 1.54) is 0 Å². The van der Waals surface area contributed by atoms with Crippen molar-refractivity contribution < 1.29 is 19.1 Å². The van der Waals surface area contributed by atoms with Gasteiger partial charge in [0, 0.05) is 36.8 Å². The topological polar surface area (TPSA) is 84.0 Å². The maximum Gasteiger partial charge on any atom is 0.254 e. The zero-order chi connectivity index (χ0) is 21.1. The van der Waals surface area contributed by atoms with Gasteiger partial charge in [0.2, 0.25) is 5.91 Å². The quantitative estimate of drug-likeness (QED) is 0.779. The summed E-state index contributed by atoms with van der Waals surface area (Å²) in [6.45, 7) is 5.13. The Balaban J connectivity index is 1.39. The Morgan fingerprint density at radius 2 is 2.10 bits per heavy atom. The highest BCUT2D eigenvalue weighted by atomic mass is 32.1. The number of aromatic nitrogens is 1. The summed E-state index contributed by atoms with van der Waals surface area (Å²) in [5.41, 5.74) is 2.41. The molecule has 0 radical (unpaired) electrons. The summed E-state index contributed by atoms with van der Waals surface area (Å²) in [5.74, 6) is 0.673. The molecule has 2 aromatic rings. The maximum atomic E-state index is 12.8. The third-order valence-corrected chi connectivity index (χ3v) is 6.35. The first-order valence-corrected chi connectivity index (χ1v) is 10.9. The SMILES string of the molecule is Cc1csc(CNC(=O)CC2COc3ccc(C(=O)N4CCOCC4)cc3N2C)n1. The van der Waals surface area contributed by atoms with E-state index in [0.717, 1.165) is 22.1 Å². The van der Waals surface area contributed by atoms with Crippen molar-refractivity contribution in [3.05, 3.63) is 39.8 Å². The van der Waals surface area contributed by atoms with Gasteiger partial charge >= 0.3 is 0 Å². The van der Waals surface area contributed by atoms with Gasteiger partial charge < -0.3 is 24.6 Å². The predicted octanol–water partition coefficient (Wildman–Crippen LogP) is 1.83. The lowest BCUT2D eigenvalue weighted by Crippen LogP contribution is -2.44. The van der Waals surface area contributed by atoms with Crippen molar-refractivity contribution in [3.8, 4) is 5.75 Å². The summed E-state index contributed by atoms with van der Waals surface area (Å²) in [5, 5.41) is 5.79. The molecule has 2 aliphatic heterocycles. The number of nitrogens with one attached hydrogen (secondary N) is 1. The Morgan fingerprint density at radius 1 is 1.30 bits per heavy atom. The second kappa shape index (κ2) is 9.01. The molecule has 1 saturated heterocycles. The number of hydrogen-bond donors (Lipinski definition) is 1. The van der Waals surface area contributed by atoms with Crippen LogP contribution in [0.1, 0.15) is 27.5 Å². The van der Waals surface area contributed by atoms with Crippen LogP contribution in [0.25, 0.3) is 0 Å². The minimum Gasteiger partial charge on any atom is -0.489 e. The minimum absolute atomic E-state index is 0.00638. The first-order chi connectivity index (χ1) is 14.5. The van der Waals surface area contributed by atoms with Crippen LogP contribution in [0.15, 0.2) is 23.6 Å². The molecule has 1 N–H and O–H groups in total. The second-order valence-corrected chi connectivity index (χ2v) is 8.47. The van der Waals surface area contributed by atoms with Crippen LogP contribution in [0, 0.1) is 6.92 Å². The molecular formula is C21H26N4O4S. The molecule has 0 saturated carbocycles. The number of fused-ring (bicyclic) bond motifs is 1. The summed E-state index contributed by atoms with van der Waals surface area (Å²) in [6.07, 6.45) is 0.307. The Kier molecular flexibility index (Phi) is 6.19. The number of aryl methyl sites for hydroxylation is 1. The van der Waals surface area contributed by atoms with Gasteiger partial charge in [0.1, 0.15) is 17.4 Å². The van der Waals surface area contributed by atoms with Crippen LogP contribution in [-0.2, 0) is 16.1 Å². The number of rotatable bonds is 5. The number of hydrogen-bond acceptors (Lipinski definition) is 7. The van der Waals surface area contributed by atoms with Crippen molar-refractivity contribution in [2.24, 2.45) is 0 Å². The van der Waals surface area contributed by atoms with E-state index in [9.17, 15) is 9.59 Å². The number of thiazole rings is 1. The zero-order valence-corrected chi connectivity index (χ0v) is 18.0. The van der Waals surface area contributed by atoms with E-state index in [2.05, 4.69) is 10.3 Å². The minimum atomic E-state index is -0.107. The van der Waals surface area contributed by atoms with Gasteiger partial charge in [0.05, 0.1) is 37.9 Å². The first kappa shape index (κ1) is 20.6. The first-order valence-electron chi connectivity index (χ1n) is 10.1. The highest BCUT2D eigenvalue weighted by Gasteiger charge is 2.28. The van der Waals surface area contributed by atoms with Gasteiger partial charge in [-0.3, -0.25) is 9.59 Å². The number of benzene rings is 1. The molecule has 1 unspecified atom stereocenters. The maximum absolute atomic E-state index is 12.8. The average Bonchev–Trinajstić information content (AvgIpc) is 3.19. The Labute approximate surface area is 179 Å². The molecule has 2 amide bonds. The van der Waals surface area contributed by atoms with Crippen LogP contribution in [0.5, 0.6) is 5.75 Å². The standard InChI is InChI=1S/C21H26N4O4S/c1-14-13-30-20(23-14)11-22-19(26)10-16-12-29-18-4-3-15(9-17(18)24(16)2)21(27)25-5-7-28-8-6-25/h3-4,9,13,16H,5-8,10-12H2,1-2H3,(H,22,26). The van der Waals surface area contributed by atoms with E-state index in [1.807, 2.05) is 36.4 Å². The lowest BCUT2D eigenvalue weighted by Gasteiger charge is -2.36. The van der Waals surface area contributed by atoms with Crippen molar-refractivity contribution >= 4 is 28.8 Å². The average molecular weight is 431 g/mol. The number of carbonyl (C=O) groups excluding carboxylic acids is 2. The fraction of sp³-hybridized carbons (Fsp3) is 0.476. The van der Waals surface area contributed by atoms with Crippen molar-refractivity contribution in [3.63, 3.8) is 0 Å². The number of likely N-dealkylation sites (N-methyl/N-ethyl adjacent to an activating group) is 1. The van der Waals surface area contributed by atoms with E-state index < -0.39 is 0 Å². The lowest BCUT2D eigenvalue weighted by molar-refractivity contribution is -0.121. The van der Waals surface area contributed by atoms with E-state index in [-0.39, 0.29) is 17.9 Å². The summed E-state index contributed by atoms with van der Waals surface area (Å²) in [6, 6.07) is 5.38. The van der Waals surface area contributed by atoms with Crippen molar-refractivity contribution in [1.82, 2.24) is 15.2 Å². The number of nitrogens with zero attached hydrogens (tertiary/aromatic N) is 3. The molecule has 2 aliphatic rings. The molecule has 1 fully saturated rings. The summed E-state index contributed by atoms with van der Waals surface area (Å²) in [7, 11) is 1.94. The highest BCUT2D eigenvalue weighted by molar-refractivity contribution is 7.09. The molecule has 1 aromatic carbocycles. The Hall–Kier alpha value is -2.65. The lowest BCUT2D eigenvalue weighted by atomic mass is 10.1. The van der Waals surface area contributed by atoms with E-state index in [4.69, 9.17) is 9.47 Å². The van der Waals surface area contributed by atoms with E-state index >= 15 is 0 Å². The molecule has 0 spiro atoms. The molecule has 3 heterocycles. The summed E-state index contributed by atoms with van der Waals surface area (Å²) >= 11 is 1.54. The van der Waals surface area contributed by atoms with Crippen LogP contribution in [0.4, 0.5) is 5.69 Å². The fourth-order valence-electron chi connectivity index (χ4n) is 3.63. The molecule has 0 bridgehead atoms. The summed E-state index contributed by atoms with van der Waals surface area (Å²) in [4.78, 5) is 33.5. The van der Waals surface area contributed by atoms with Crippen LogP contribution in [-0.4, -0.2) is 67.7 Å². The van der Waals surface area contributed by atoms with E-state index in [0.29, 0.717) is 51.4 Å². The van der Waals surface area contributed by atoms with Crippen LogP contribution in [0.3, 0.4) is 0 Å². The molecule has 0 aliphatic carbocycles. The number of morpholine rings is 1. The van der Waals surface area contributed by atoms with Crippen LogP contribution >= 0.6 is 11.3 Å². The third kappa shape index (κ3) is 4.57. The predicted molar refractivity (Wildman–Crippen MR) is 114 cm³/mol. The Bertz CT molecular complexity index is 925.